The smallest absolute Gasteiger partial charge is 0.0652 e. The molecule has 0 amide bonds. The zero-order valence-electron chi connectivity index (χ0n) is 12.3. The van der Waals surface area contributed by atoms with Crippen LogP contribution < -0.4 is 5.32 Å². The monoisotopic (exact) mass is 373 g/mol. The molecule has 0 aliphatic carbocycles. The van der Waals surface area contributed by atoms with Gasteiger partial charge in [0.25, 0.3) is 0 Å². The maximum absolute atomic E-state index is 6.36. The number of hydrogen-bond donors (Lipinski definition) is 1. The van der Waals surface area contributed by atoms with Crippen molar-refractivity contribution in [2.45, 2.75) is 26.3 Å². The highest BCUT2D eigenvalue weighted by molar-refractivity contribution is 6.35. The van der Waals surface area contributed by atoms with Crippen LogP contribution in [0.3, 0.4) is 0 Å². The van der Waals surface area contributed by atoms with Crippen molar-refractivity contribution in [2.75, 3.05) is 26.2 Å². The summed E-state index contributed by atoms with van der Waals surface area (Å²) in [6.45, 7) is 8.58. The van der Waals surface area contributed by atoms with Gasteiger partial charge in [0.15, 0.2) is 0 Å². The largest absolute Gasteiger partial charge is 0.314 e. The maximum Gasteiger partial charge on any atom is 0.0652 e. The molecule has 1 aliphatic rings. The lowest BCUT2D eigenvalue weighted by Gasteiger charge is -2.39. The van der Waals surface area contributed by atoms with Crippen LogP contribution in [0.1, 0.15) is 31.9 Å². The first kappa shape index (κ1) is 21.2. The summed E-state index contributed by atoms with van der Waals surface area (Å²) in [7, 11) is 0. The predicted molar refractivity (Wildman–Crippen MR) is 95.4 cm³/mol. The van der Waals surface area contributed by atoms with E-state index in [9.17, 15) is 0 Å². The molecule has 0 aromatic carbocycles. The molecule has 0 radical (unpaired) electrons. The van der Waals surface area contributed by atoms with E-state index in [1.807, 2.05) is 0 Å². The lowest BCUT2D eigenvalue weighted by molar-refractivity contribution is 0.128. The minimum absolute atomic E-state index is 0. The molecular formula is C14H23Cl4N3. The molecule has 7 heteroatoms. The van der Waals surface area contributed by atoms with Gasteiger partial charge in [-0.15, -0.1) is 24.8 Å². The fourth-order valence-electron chi connectivity index (χ4n) is 2.71. The Bertz CT molecular complexity index is 404. The van der Waals surface area contributed by atoms with Gasteiger partial charge in [0, 0.05) is 50.2 Å². The highest BCUT2D eigenvalue weighted by Crippen LogP contribution is 2.38. The van der Waals surface area contributed by atoms with E-state index < -0.39 is 0 Å². The third kappa shape index (κ3) is 5.12. The Morgan fingerprint density at radius 1 is 1.19 bits per heavy atom. The Morgan fingerprint density at radius 2 is 1.71 bits per heavy atom. The number of halogens is 4. The molecule has 2 heterocycles. The van der Waals surface area contributed by atoms with E-state index >= 15 is 0 Å². The van der Waals surface area contributed by atoms with E-state index in [1.165, 1.54) is 0 Å². The second-order valence-corrected chi connectivity index (χ2v) is 5.95. The third-order valence-corrected chi connectivity index (χ3v) is 4.52. The van der Waals surface area contributed by atoms with Gasteiger partial charge in [-0.1, -0.05) is 43.5 Å². The van der Waals surface area contributed by atoms with E-state index in [-0.39, 0.29) is 30.9 Å². The summed E-state index contributed by atoms with van der Waals surface area (Å²) in [6.07, 6.45) is 4.49. The first-order valence-corrected chi connectivity index (χ1v) is 7.64. The van der Waals surface area contributed by atoms with E-state index in [0.29, 0.717) is 16.0 Å². The predicted octanol–water partition coefficient (Wildman–Crippen LogP) is 4.22. The molecule has 3 nitrogen and oxygen atoms in total. The fraction of sp³-hybridized carbons (Fsp3) is 0.643. The summed E-state index contributed by atoms with van der Waals surface area (Å²) in [4.78, 5) is 6.55. The van der Waals surface area contributed by atoms with Crippen LogP contribution in [-0.2, 0) is 0 Å². The summed E-state index contributed by atoms with van der Waals surface area (Å²) >= 11 is 12.7. The maximum atomic E-state index is 6.36. The Morgan fingerprint density at radius 3 is 2.19 bits per heavy atom. The zero-order chi connectivity index (χ0) is 13.8. The van der Waals surface area contributed by atoms with Crippen molar-refractivity contribution >= 4 is 48.0 Å². The number of rotatable bonds is 4. The zero-order valence-corrected chi connectivity index (χ0v) is 15.5. The van der Waals surface area contributed by atoms with Crippen LogP contribution in [0.25, 0.3) is 0 Å². The van der Waals surface area contributed by atoms with Gasteiger partial charge in [0.1, 0.15) is 0 Å². The molecule has 0 spiro atoms. The SMILES string of the molecule is CCC(C)[C@H](c1c(Cl)cncc1Cl)N1CCNCC1.Cl.Cl. The number of pyridine rings is 1. The minimum atomic E-state index is 0. The summed E-state index contributed by atoms with van der Waals surface area (Å²) in [5.74, 6) is 0.510. The van der Waals surface area contributed by atoms with Gasteiger partial charge < -0.3 is 5.32 Å². The lowest BCUT2D eigenvalue weighted by Crippen LogP contribution is -2.46. The number of nitrogens with zero attached hydrogens (tertiary/aromatic N) is 2. The highest BCUT2D eigenvalue weighted by atomic mass is 35.5. The van der Waals surface area contributed by atoms with Crippen LogP contribution in [0.15, 0.2) is 12.4 Å². The molecule has 1 aromatic rings. The topological polar surface area (TPSA) is 28.2 Å². The lowest BCUT2D eigenvalue weighted by atomic mass is 9.91. The average molecular weight is 375 g/mol. The van der Waals surface area contributed by atoms with Gasteiger partial charge >= 0.3 is 0 Å². The van der Waals surface area contributed by atoms with Crippen LogP contribution in [0.4, 0.5) is 0 Å². The molecule has 1 aliphatic heterocycles. The second kappa shape index (κ2) is 10.1. The Kier molecular flexibility index (Phi) is 10.2. The molecule has 122 valence electrons. The number of hydrogen-bond acceptors (Lipinski definition) is 3. The molecule has 0 bridgehead atoms. The van der Waals surface area contributed by atoms with E-state index in [2.05, 4.69) is 29.0 Å². The van der Waals surface area contributed by atoms with Crippen LogP contribution in [-0.4, -0.2) is 36.1 Å². The van der Waals surface area contributed by atoms with Crippen molar-refractivity contribution in [3.05, 3.63) is 28.0 Å². The van der Waals surface area contributed by atoms with Crippen LogP contribution in [0.2, 0.25) is 10.0 Å². The molecular weight excluding hydrogens is 352 g/mol. The number of aromatic nitrogens is 1. The van der Waals surface area contributed by atoms with Gasteiger partial charge in [0.2, 0.25) is 0 Å². The summed E-state index contributed by atoms with van der Waals surface area (Å²) in [5.41, 5.74) is 1.04. The van der Waals surface area contributed by atoms with E-state index in [0.717, 1.165) is 38.2 Å². The summed E-state index contributed by atoms with van der Waals surface area (Å²) < 4.78 is 0. The molecule has 2 atom stereocenters. The molecule has 1 saturated heterocycles. The minimum Gasteiger partial charge on any atom is -0.314 e. The van der Waals surface area contributed by atoms with Crippen molar-refractivity contribution in [2.24, 2.45) is 5.92 Å². The van der Waals surface area contributed by atoms with Gasteiger partial charge in [-0.2, -0.15) is 0 Å². The van der Waals surface area contributed by atoms with Crippen molar-refractivity contribution in [3.8, 4) is 0 Å². The van der Waals surface area contributed by atoms with Crippen molar-refractivity contribution in [3.63, 3.8) is 0 Å². The standard InChI is InChI=1S/C14H21Cl2N3.2ClH/c1-3-10(2)14(19-6-4-17-5-7-19)13-11(15)8-18-9-12(13)16;;/h8-10,14,17H,3-7H2,1-2H3;2*1H/t10?,14-;;/m1../s1. The summed E-state index contributed by atoms with van der Waals surface area (Å²) in [5, 5.41) is 4.74. The van der Waals surface area contributed by atoms with Crippen molar-refractivity contribution < 1.29 is 0 Å². The number of nitrogens with one attached hydrogen (secondary N) is 1. The Hall–Kier alpha value is 0.230. The quantitative estimate of drug-likeness (QED) is 0.854. The van der Waals surface area contributed by atoms with Crippen LogP contribution in [0.5, 0.6) is 0 Å². The Balaban J connectivity index is 0.00000200. The molecule has 1 fully saturated rings. The normalized spacial score (nSPS) is 18.3. The Labute approximate surface area is 149 Å². The molecule has 1 N–H and O–H groups in total. The first-order chi connectivity index (χ1) is 9.15. The molecule has 0 saturated carbocycles. The number of piperazine rings is 1. The van der Waals surface area contributed by atoms with Gasteiger partial charge in [-0.05, 0) is 5.92 Å². The first-order valence-electron chi connectivity index (χ1n) is 6.88. The second-order valence-electron chi connectivity index (χ2n) is 5.13. The molecule has 1 aromatic heterocycles. The molecule has 2 rings (SSSR count). The molecule has 1 unspecified atom stereocenters. The van der Waals surface area contributed by atoms with Gasteiger partial charge in [-0.25, -0.2) is 0 Å². The van der Waals surface area contributed by atoms with E-state index in [4.69, 9.17) is 23.2 Å². The van der Waals surface area contributed by atoms with Gasteiger partial charge in [-0.3, -0.25) is 9.88 Å². The van der Waals surface area contributed by atoms with Crippen molar-refractivity contribution in [1.82, 2.24) is 15.2 Å². The van der Waals surface area contributed by atoms with E-state index in [1.54, 1.807) is 12.4 Å². The third-order valence-electron chi connectivity index (χ3n) is 3.91. The highest BCUT2D eigenvalue weighted by Gasteiger charge is 2.29. The van der Waals surface area contributed by atoms with Gasteiger partial charge in [0.05, 0.1) is 10.0 Å². The molecule has 21 heavy (non-hydrogen) atoms. The van der Waals surface area contributed by atoms with Crippen molar-refractivity contribution in [1.29, 1.82) is 0 Å². The average Bonchev–Trinajstić information content (AvgIpc) is 2.43. The van der Waals surface area contributed by atoms with Crippen LogP contribution in [0, 0.1) is 5.92 Å². The fourth-order valence-corrected chi connectivity index (χ4v) is 3.30. The summed E-state index contributed by atoms with van der Waals surface area (Å²) in [6, 6.07) is 0.273. The van der Waals surface area contributed by atoms with Crippen LogP contribution >= 0.6 is 48.0 Å².